The summed E-state index contributed by atoms with van der Waals surface area (Å²) in [5.74, 6) is 2.53. The summed E-state index contributed by atoms with van der Waals surface area (Å²) in [4.78, 5) is 2.54. The van der Waals surface area contributed by atoms with Crippen LogP contribution in [0.5, 0.6) is 0 Å². The Balaban J connectivity index is 2.28. The Kier molecular flexibility index (Phi) is 5.35. The summed E-state index contributed by atoms with van der Waals surface area (Å²) in [6.45, 7) is 16.3. The predicted octanol–water partition coefficient (Wildman–Crippen LogP) is 2.37. The minimum absolute atomic E-state index is 0.187. The van der Waals surface area contributed by atoms with E-state index in [2.05, 4.69) is 56.3 Å². The van der Waals surface area contributed by atoms with E-state index in [1.54, 1.807) is 0 Å². The molecule has 0 radical (unpaired) electrons. The van der Waals surface area contributed by atoms with E-state index < -0.39 is 0 Å². The van der Waals surface area contributed by atoms with Gasteiger partial charge in [-0.05, 0) is 33.3 Å². The van der Waals surface area contributed by atoms with Gasteiger partial charge in [0, 0.05) is 42.7 Å². The molecule has 94 valence electrons. The lowest BCUT2D eigenvalue weighted by Crippen LogP contribution is -2.43. The van der Waals surface area contributed by atoms with E-state index in [0.29, 0.717) is 6.04 Å². The molecule has 1 aliphatic rings. The van der Waals surface area contributed by atoms with E-state index in [1.165, 1.54) is 23.6 Å². The fourth-order valence-electron chi connectivity index (χ4n) is 1.73. The molecule has 1 heterocycles. The molecule has 1 rings (SSSR count). The first-order chi connectivity index (χ1) is 7.38. The minimum Gasteiger partial charge on any atom is -0.308 e. The van der Waals surface area contributed by atoms with Crippen LogP contribution in [0.2, 0.25) is 0 Å². The van der Waals surface area contributed by atoms with Gasteiger partial charge in [0.15, 0.2) is 0 Å². The van der Waals surface area contributed by atoms with E-state index in [0.717, 1.165) is 13.1 Å². The first kappa shape index (κ1) is 14.1. The Labute approximate surface area is 105 Å². The summed E-state index contributed by atoms with van der Waals surface area (Å²) < 4.78 is 0. The number of rotatable bonds is 4. The number of hydrogen-bond donors (Lipinski definition) is 1. The number of nitrogens with zero attached hydrogens (tertiary/aromatic N) is 1. The molecular formula is C13H26N2S. The monoisotopic (exact) mass is 242 g/mol. The molecule has 1 saturated heterocycles. The lowest BCUT2D eigenvalue weighted by atomic mass is 10.1. The Hall–Kier alpha value is 0.0100. The number of nitrogens with one attached hydrogen (secondary N) is 1. The van der Waals surface area contributed by atoms with E-state index in [1.807, 2.05) is 0 Å². The molecule has 1 atom stereocenters. The highest BCUT2D eigenvalue weighted by Gasteiger charge is 2.19. The van der Waals surface area contributed by atoms with Gasteiger partial charge in [-0.3, -0.25) is 4.90 Å². The largest absolute Gasteiger partial charge is 0.308 e. The summed E-state index contributed by atoms with van der Waals surface area (Å²) >= 11 is 2.06. The molecule has 1 aliphatic heterocycles. The second-order valence-electron chi connectivity index (χ2n) is 5.75. The summed E-state index contributed by atoms with van der Waals surface area (Å²) in [7, 11) is 0. The maximum absolute atomic E-state index is 4.18. The van der Waals surface area contributed by atoms with Crippen LogP contribution in [0.15, 0.2) is 12.2 Å². The second-order valence-corrected chi connectivity index (χ2v) is 6.90. The average molecular weight is 242 g/mol. The standard InChI is InChI=1S/C13H26N2S/c1-11(8-14-13(3,4)5)9-15-6-7-16-10-12(15)2/h12,14H,1,6-10H2,2-5H3. The Morgan fingerprint density at radius 2 is 2.19 bits per heavy atom. The molecule has 0 amide bonds. The molecule has 0 spiro atoms. The van der Waals surface area contributed by atoms with Crippen molar-refractivity contribution in [2.45, 2.75) is 39.3 Å². The van der Waals surface area contributed by atoms with Crippen molar-refractivity contribution in [3.8, 4) is 0 Å². The van der Waals surface area contributed by atoms with Crippen molar-refractivity contribution < 1.29 is 0 Å². The maximum Gasteiger partial charge on any atom is 0.0206 e. The van der Waals surface area contributed by atoms with Crippen LogP contribution in [0.3, 0.4) is 0 Å². The van der Waals surface area contributed by atoms with Gasteiger partial charge in [0.2, 0.25) is 0 Å². The first-order valence-corrected chi connectivity index (χ1v) is 7.27. The highest BCUT2D eigenvalue weighted by Crippen LogP contribution is 2.16. The Morgan fingerprint density at radius 1 is 1.50 bits per heavy atom. The van der Waals surface area contributed by atoms with Crippen LogP contribution in [0.25, 0.3) is 0 Å². The molecule has 0 aliphatic carbocycles. The van der Waals surface area contributed by atoms with Crippen LogP contribution in [-0.2, 0) is 0 Å². The maximum atomic E-state index is 4.18. The van der Waals surface area contributed by atoms with Crippen molar-refractivity contribution in [1.29, 1.82) is 0 Å². The Bertz CT molecular complexity index is 233. The van der Waals surface area contributed by atoms with Gasteiger partial charge < -0.3 is 5.32 Å². The SMILES string of the molecule is C=C(CNC(C)(C)C)CN1CCSCC1C. The van der Waals surface area contributed by atoms with Crippen molar-refractivity contribution in [2.75, 3.05) is 31.1 Å². The van der Waals surface area contributed by atoms with Crippen molar-refractivity contribution >= 4 is 11.8 Å². The summed E-state index contributed by atoms with van der Waals surface area (Å²) in [6.07, 6.45) is 0. The third-order valence-electron chi connectivity index (χ3n) is 2.80. The molecule has 0 aromatic carbocycles. The molecule has 1 N–H and O–H groups in total. The van der Waals surface area contributed by atoms with E-state index >= 15 is 0 Å². The number of thioether (sulfide) groups is 1. The molecule has 3 heteroatoms. The van der Waals surface area contributed by atoms with Gasteiger partial charge in [-0.2, -0.15) is 11.8 Å². The summed E-state index contributed by atoms with van der Waals surface area (Å²) in [5, 5.41) is 3.49. The molecular weight excluding hydrogens is 216 g/mol. The average Bonchev–Trinajstić information content (AvgIpc) is 2.18. The van der Waals surface area contributed by atoms with Crippen LogP contribution in [-0.4, -0.2) is 47.6 Å². The molecule has 0 aromatic heterocycles. The topological polar surface area (TPSA) is 15.3 Å². The van der Waals surface area contributed by atoms with Gasteiger partial charge in [0.05, 0.1) is 0 Å². The van der Waals surface area contributed by atoms with Gasteiger partial charge in [0.1, 0.15) is 0 Å². The normalized spacial score (nSPS) is 23.4. The molecule has 16 heavy (non-hydrogen) atoms. The zero-order chi connectivity index (χ0) is 12.2. The van der Waals surface area contributed by atoms with Crippen LogP contribution >= 0.6 is 11.8 Å². The predicted molar refractivity (Wildman–Crippen MR) is 75.3 cm³/mol. The fourth-order valence-corrected chi connectivity index (χ4v) is 2.81. The zero-order valence-electron chi connectivity index (χ0n) is 11.2. The lowest BCUT2D eigenvalue weighted by Gasteiger charge is -2.34. The fraction of sp³-hybridized carbons (Fsp3) is 0.846. The van der Waals surface area contributed by atoms with Crippen molar-refractivity contribution in [3.63, 3.8) is 0 Å². The van der Waals surface area contributed by atoms with Crippen LogP contribution in [0.4, 0.5) is 0 Å². The van der Waals surface area contributed by atoms with E-state index in [-0.39, 0.29) is 5.54 Å². The molecule has 0 saturated carbocycles. The third-order valence-corrected chi connectivity index (χ3v) is 3.99. The molecule has 0 bridgehead atoms. The summed E-state index contributed by atoms with van der Waals surface area (Å²) in [5.41, 5.74) is 1.49. The minimum atomic E-state index is 0.187. The second kappa shape index (κ2) is 6.08. The van der Waals surface area contributed by atoms with Crippen molar-refractivity contribution in [2.24, 2.45) is 0 Å². The van der Waals surface area contributed by atoms with Gasteiger partial charge >= 0.3 is 0 Å². The van der Waals surface area contributed by atoms with Gasteiger partial charge in [-0.25, -0.2) is 0 Å². The molecule has 2 nitrogen and oxygen atoms in total. The van der Waals surface area contributed by atoms with Crippen LogP contribution in [0.1, 0.15) is 27.7 Å². The lowest BCUT2D eigenvalue weighted by molar-refractivity contribution is 0.250. The highest BCUT2D eigenvalue weighted by molar-refractivity contribution is 7.99. The smallest absolute Gasteiger partial charge is 0.0206 e. The molecule has 1 fully saturated rings. The van der Waals surface area contributed by atoms with Crippen LogP contribution < -0.4 is 5.32 Å². The van der Waals surface area contributed by atoms with Crippen molar-refractivity contribution in [1.82, 2.24) is 10.2 Å². The van der Waals surface area contributed by atoms with Gasteiger partial charge in [-0.1, -0.05) is 6.58 Å². The highest BCUT2D eigenvalue weighted by atomic mass is 32.2. The van der Waals surface area contributed by atoms with Gasteiger partial charge in [0.25, 0.3) is 0 Å². The Morgan fingerprint density at radius 3 is 2.75 bits per heavy atom. The molecule has 0 aromatic rings. The van der Waals surface area contributed by atoms with Gasteiger partial charge in [-0.15, -0.1) is 0 Å². The zero-order valence-corrected chi connectivity index (χ0v) is 12.0. The van der Waals surface area contributed by atoms with Crippen molar-refractivity contribution in [3.05, 3.63) is 12.2 Å². The van der Waals surface area contributed by atoms with E-state index in [4.69, 9.17) is 0 Å². The van der Waals surface area contributed by atoms with E-state index in [9.17, 15) is 0 Å². The number of hydrogen-bond acceptors (Lipinski definition) is 3. The molecule has 1 unspecified atom stereocenters. The quantitative estimate of drug-likeness (QED) is 0.762. The third kappa shape index (κ3) is 5.37. The summed E-state index contributed by atoms with van der Waals surface area (Å²) in [6, 6.07) is 0.699. The van der Waals surface area contributed by atoms with Crippen LogP contribution in [0, 0.1) is 0 Å². The first-order valence-electron chi connectivity index (χ1n) is 6.12.